The van der Waals surface area contributed by atoms with Gasteiger partial charge in [0, 0.05) is 0 Å². The Morgan fingerprint density at radius 3 is 2.67 bits per heavy atom. The van der Waals surface area contributed by atoms with Crippen molar-refractivity contribution in [2.75, 3.05) is 0 Å². The first-order valence-corrected chi connectivity index (χ1v) is 3.83. The van der Waals surface area contributed by atoms with Gasteiger partial charge < -0.3 is 4.74 Å². The van der Waals surface area contributed by atoms with Crippen molar-refractivity contribution in [1.82, 2.24) is 0 Å². The fourth-order valence-electron chi connectivity index (χ4n) is 1.09. The zero-order valence-corrected chi connectivity index (χ0v) is 6.10. The molecule has 1 fully saturated rings. The second-order valence-electron chi connectivity index (χ2n) is 2.64. The molecule has 2 unspecified atom stereocenters. The minimum absolute atomic E-state index is 0.511. The Morgan fingerprint density at radius 2 is 2.22 bits per heavy atom. The van der Waals surface area contributed by atoms with E-state index in [9.17, 15) is 0 Å². The highest BCUT2D eigenvalue weighted by Gasteiger charge is 2.35. The van der Waals surface area contributed by atoms with Crippen molar-refractivity contribution >= 4 is 0 Å². The van der Waals surface area contributed by atoms with E-state index in [0.29, 0.717) is 12.2 Å². The molecule has 0 spiro atoms. The molecular weight excluding hydrogens is 112 g/mol. The summed E-state index contributed by atoms with van der Waals surface area (Å²) in [6.45, 7) is 5.99. The van der Waals surface area contributed by atoms with E-state index < -0.39 is 0 Å². The third-order valence-electron chi connectivity index (χ3n) is 1.81. The van der Waals surface area contributed by atoms with Crippen LogP contribution in [-0.4, -0.2) is 12.2 Å². The molecular formula is C8H15O. The van der Waals surface area contributed by atoms with Crippen LogP contribution < -0.4 is 0 Å². The molecule has 1 aliphatic rings. The Morgan fingerprint density at radius 1 is 1.44 bits per heavy atom. The zero-order chi connectivity index (χ0) is 6.69. The van der Waals surface area contributed by atoms with Gasteiger partial charge >= 0.3 is 0 Å². The molecule has 0 saturated carbocycles. The number of hydrogen-bond acceptors (Lipinski definition) is 1. The lowest BCUT2D eigenvalue weighted by Gasteiger charge is -1.88. The van der Waals surface area contributed by atoms with Crippen LogP contribution in [0.3, 0.4) is 0 Å². The molecule has 53 valence electrons. The van der Waals surface area contributed by atoms with E-state index in [4.69, 9.17) is 4.74 Å². The fraction of sp³-hybridized carbons (Fsp3) is 0.875. The molecule has 1 heteroatoms. The van der Waals surface area contributed by atoms with E-state index in [0.717, 1.165) is 6.42 Å². The maximum Gasteiger partial charge on any atom is 0.0841 e. The predicted octanol–water partition coefficient (Wildman–Crippen LogP) is 2.17. The number of epoxide rings is 1. The fourth-order valence-corrected chi connectivity index (χ4v) is 1.09. The van der Waals surface area contributed by atoms with Gasteiger partial charge in [-0.15, -0.1) is 0 Å². The molecule has 0 N–H and O–H groups in total. The SMILES string of the molecule is [CH2]CC1OC1CCCC. The summed E-state index contributed by atoms with van der Waals surface area (Å²) < 4.78 is 5.31. The molecule has 9 heavy (non-hydrogen) atoms. The zero-order valence-electron chi connectivity index (χ0n) is 6.10. The van der Waals surface area contributed by atoms with Crippen molar-refractivity contribution in [2.24, 2.45) is 0 Å². The third-order valence-corrected chi connectivity index (χ3v) is 1.81. The summed E-state index contributed by atoms with van der Waals surface area (Å²) in [5.74, 6) is 0. The van der Waals surface area contributed by atoms with Crippen LogP contribution in [0.2, 0.25) is 0 Å². The summed E-state index contributed by atoms with van der Waals surface area (Å²) in [5, 5.41) is 0. The van der Waals surface area contributed by atoms with Crippen LogP contribution in [0.1, 0.15) is 32.6 Å². The summed E-state index contributed by atoms with van der Waals surface area (Å²) in [6.07, 6.45) is 5.87. The Balaban J connectivity index is 1.92. The van der Waals surface area contributed by atoms with Crippen LogP contribution in [0, 0.1) is 6.92 Å². The highest BCUT2D eigenvalue weighted by Crippen LogP contribution is 2.28. The van der Waals surface area contributed by atoms with Crippen LogP contribution in [0.15, 0.2) is 0 Å². The Hall–Kier alpha value is -0.0400. The van der Waals surface area contributed by atoms with Gasteiger partial charge in [-0.25, -0.2) is 0 Å². The molecule has 0 amide bonds. The van der Waals surface area contributed by atoms with Crippen molar-refractivity contribution in [3.8, 4) is 0 Å². The van der Waals surface area contributed by atoms with E-state index in [1.807, 2.05) is 0 Å². The van der Waals surface area contributed by atoms with Crippen LogP contribution in [0.4, 0.5) is 0 Å². The van der Waals surface area contributed by atoms with Gasteiger partial charge in [-0.2, -0.15) is 0 Å². The molecule has 0 aromatic rings. The van der Waals surface area contributed by atoms with Gasteiger partial charge in [-0.1, -0.05) is 26.7 Å². The highest BCUT2D eigenvalue weighted by atomic mass is 16.6. The number of rotatable bonds is 4. The van der Waals surface area contributed by atoms with Crippen molar-refractivity contribution in [2.45, 2.75) is 44.8 Å². The van der Waals surface area contributed by atoms with Crippen molar-refractivity contribution in [3.05, 3.63) is 6.92 Å². The Kier molecular flexibility index (Phi) is 2.52. The molecule has 1 saturated heterocycles. The summed E-state index contributed by atoms with van der Waals surface area (Å²) in [5.41, 5.74) is 0. The lowest BCUT2D eigenvalue weighted by Crippen LogP contribution is -1.90. The van der Waals surface area contributed by atoms with E-state index in [1.54, 1.807) is 0 Å². The molecule has 1 aliphatic heterocycles. The lowest BCUT2D eigenvalue weighted by atomic mass is 10.1. The van der Waals surface area contributed by atoms with Crippen LogP contribution >= 0.6 is 0 Å². The third kappa shape index (κ3) is 1.98. The van der Waals surface area contributed by atoms with Gasteiger partial charge in [0.2, 0.25) is 0 Å². The highest BCUT2D eigenvalue weighted by molar-refractivity contribution is 4.84. The summed E-state index contributed by atoms with van der Waals surface area (Å²) in [4.78, 5) is 0. The molecule has 0 aliphatic carbocycles. The number of unbranched alkanes of at least 4 members (excludes halogenated alkanes) is 1. The second kappa shape index (κ2) is 3.21. The molecule has 1 heterocycles. The molecule has 0 bridgehead atoms. The second-order valence-corrected chi connectivity index (χ2v) is 2.64. The maximum atomic E-state index is 5.31. The topological polar surface area (TPSA) is 12.5 Å². The maximum absolute atomic E-state index is 5.31. The van der Waals surface area contributed by atoms with E-state index >= 15 is 0 Å². The summed E-state index contributed by atoms with van der Waals surface area (Å²) in [6, 6.07) is 0. The smallest absolute Gasteiger partial charge is 0.0841 e. The molecule has 2 atom stereocenters. The van der Waals surface area contributed by atoms with Crippen LogP contribution in [0.5, 0.6) is 0 Å². The van der Waals surface area contributed by atoms with Gasteiger partial charge in [-0.3, -0.25) is 0 Å². The Labute approximate surface area is 57.4 Å². The lowest BCUT2D eigenvalue weighted by molar-refractivity contribution is 0.360. The Bertz CT molecular complexity index is 80.6. The quantitative estimate of drug-likeness (QED) is 0.527. The van der Waals surface area contributed by atoms with Gasteiger partial charge in [0.25, 0.3) is 0 Å². The van der Waals surface area contributed by atoms with Gasteiger partial charge in [-0.05, 0) is 12.8 Å². The molecule has 1 nitrogen and oxygen atoms in total. The largest absolute Gasteiger partial charge is 0.370 e. The molecule has 1 rings (SSSR count). The van der Waals surface area contributed by atoms with E-state index in [2.05, 4.69) is 13.8 Å². The average molecular weight is 127 g/mol. The van der Waals surface area contributed by atoms with Crippen molar-refractivity contribution < 1.29 is 4.74 Å². The van der Waals surface area contributed by atoms with Gasteiger partial charge in [0.15, 0.2) is 0 Å². The van der Waals surface area contributed by atoms with Crippen molar-refractivity contribution in [3.63, 3.8) is 0 Å². The minimum Gasteiger partial charge on any atom is -0.370 e. The summed E-state index contributed by atoms with van der Waals surface area (Å²) >= 11 is 0. The van der Waals surface area contributed by atoms with Gasteiger partial charge in [0.1, 0.15) is 0 Å². The van der Waals surface area contributed by atoms with E-state index in [1.165, 1.54) is 19.3 Å². The normalized spacial score (nSPS) is 32.7. The number of ether oxygens (including phenoxy) is 1. The molecule has 1 radical (unpaired) electrons. The van der Waals surface area contributed by atoms with Crippen molar-refractivity contribution in [1.29, 1.82) is 0 Å². The monoisotopic (exact) mass is 127 g/mol. The molecule has 0 aromatic heterocycles. The minimum atomic E-state index is 0.511. The number of hydrogen-bond donors (Lipinski definition) is 0. The van der Waals surface area contributed by atoms with Gasteiger partial charge in [0.05, 0.1) is 12.2 Å². The standard InChI is InChI=1S/C8H15O/c1-3-5-6-8-7(4-2)9-8/h7-8H,2-6H2,1H3. The average Bonchev–Trinajstić information content (AvgIpc) is 2.62. The molecule has 0 aromatic carbocycles. The van der Waals surface area contributed by atoms with E-state index in [-0.39, 0.29) is 0 Å². The first-order valence-electron chi connectivity index (χ1n) is 3.83. The van der Waals surface area contributed by atoms with Crippen LogP contribution in [-0.2, 0) is 4.74 Å². The summed E-state index contributed by atoms with van der Waals surface area (Å²) in [7, 11) is 0. The van der Waals surface area contributed by atoms with Crippen LogP contribution in [0.25, 0.3) is 0 Å². The predicted molar refractivity (Wildman–Crippen MR) is 38.2 cm³/mol. The first kappa shape index (κ1) is 7.07. The first-order chi connectivity index (χ1) is 4.38.